The summed E-state index contributed by atoms with van der Waals surface area (Å²) in [7, 11) is 0. The molecule has 68 valence electrons. The van der Waals surface area contributed by atoms with E-state index in [1.165, 1.54) is 0 Å². The minimum absolute atomic E-state index is 0. The molecule has 0 fully saturated rings. The van der Waals surface area contributed by atoms with Gasteiger partial charge in [0.2, 0.25) is 5.91 Å². The van der Waals surface area contributed by atoms with E-state index in [0.29, 0.717) is 18.9 Å². The highest BCUT2D eigenvalue weighted by Gasteiger charge is 2.17. The molecule has 3 nitrogen and oxygen atoms in total. The van der Waals surface area contributed by atoms with Crippen molar-refractivity contribution >= 4 is 18.3 Å². The SMILES string of the molecule is CC(C)C(CCN)C(N)=O.Cl. The summed E-state index contributed by atoms with van der Waals surface area (Å²) in [6, 6.07) is 0. The molecule has 0 saturated carbocycles. The van der Waals surface area contributed by atoms with E-state index in [2.05, 4.69) is 0 Å². The van der Waals surface area contributed by atoms with Crippen LogP contribution in [0.4, 0.5) is 0 Å². The van der Waals surface area contributed by atoms with Crippen molar-refractivity contribution in [3.63, 3.8) is 0 Å². The van der Waals surface area contributed by atoms with E-state index >= 15 is 0 Å². The Kier molecular flexibility index (Phi) is 7.79. The standard InChI is InChI=1S/C7H16N2O.ClH/c1-5(2)6(3-4-8)7(9)10;/h5-6H,3-4,8H2,1-2H3,(H2,9,10);1H. The van der Waals surface area contributed by atoms with Gasteiger partial charge in [0.05, 0.1) is 0 Å². The predicted molar refractivity (Wildman–Crippen MR) is 48.4 cm³/mol. The molecule has 1 atom stereocenters. The molecule has 0 spiro atoms. The van der Waals surface area contributed by atoms with Crippen LogP contribution in [0.5, 0.6) is 0 Å². The highest BCUT2D eigenvalue weighted by molar-refractivity contribution is 5.85. The third kappa shape index (κ3) is 5.04. The van der Waals surface area contributed by atoms with Gasteiger partial charge in [-0.15, -0.1) is 12.4 Å². The van der Waals surface area contributed by atoms with Crippen LogP contribution in [0.25, 0.3) is 0 Å². The first-order valence-electron chi connectivity index (χ1n) is 3.59. The second-order valence-corrected chi connectivity index (χ2v) is 2.83. The van der Waals surface area contributed by atoms with Crippen molar-refractivity contribution in [2.24, 2.45) is 23.3 Å². The lowest BCUT2D eigenvalue weighted by Crippen LogP contribution is -2.29. The molecule has 0 radical (unpaired) electrons. The lowest BCUT2D eigenvalue weighted by molar-refractivity contribution is -0.123. The Labute approximate surface area is 73.9 Å². The summed E-state index contributed by atoms with van der Waals surface area (Å²) in [5.74, 6) is 0.0199. The Bertz CT molecular complexity index is 117. The fourth-order valence-corrected chi connectivity index (χ4v) is 0.984. The monoisotopic (exact) mass is 180 g/mol. The van der Waals surface area contributed by atoms with Gasteiger partial charge in [0.25, 0.3) is 0 Å². The van der Waals surface area contributed by atoms with Crippen molar-refractivity contribution in [1.29, 1.82) is 0 Å². The summed E-state index contributed by atoms with van der Waals surface area (Å²) in [4.78, 5) is 10.7. The summed E-state index contributed by atoms with van der Waals surface area (Å²) in [6.07, 6.45) is 0.701. The fraction of sp³-hybridized carbons (Fsp3) is 0.857. The molecule has 0 rings (SSSR count). The molecule has 0 aromatic rings. The molecule has 0 aliphatic heterocycles. The number of carbonyl (C=O) groups is 1. The number of hydrogen-bond donors (Lipinski definition) is 2. The molecular weight excluding hydrogens is 164 g/mol. The van der Waals surface area contributed by atoms with Gasteiger partial charge >= 0.3 is 0 Å². The summed E-state index contributed by atoms with van der Waals surface area (Å²) >= 11 is 0. The zero-order valence-corrected chi connectivity index (χ0v) is 7.86. The fourth-order valence-electron chi connectivity index (χ4n) is 0.984. The molecular formula is C7H17ClN2O. The Morgan fingerprint density at radius 3 is 2.00 bits per heavy atom. The van der Waals surface area contributed by atoms with Crippen LogP contribution in [0, 0.1) is 11.8 Å². The number of nitrogens with two attached hydrogens (primary N) is 2. The second-order valence-electron chi connectivity index (χ2n) is 2.83. The zero-order chi connectivity index (χ0) is 8.15. The smallest absolute Gasteiger partial charge is 0.220 e. The quantitative estimate of drug-likeness (QED) is 0.662. The zero-order valence-electron chi connectivity index (χ0n) is 7.04. The summed E-state index contributed by atoms with van der Waals surface area (Å²) in [5, 5.41) is 0. The van der Waals surface area contributed by atoms with E-state index < -0.39 is 0 Å². The molecule has 4 N–H and O–H groups in total. The van der Waals surface area contributed by atoms with Crippen LogP contribution >= 0.6 is 12.4 Å². The van der Waals surface area contributed by atoms with Gasteiger partial charge in [0.15, 0.2) is 0 Å². The molecule has 1 amide bonds. The Hall–Kier alpha value is -0.280. The maximum Gasteiger partial charge on any atom is 0.220 e. The molecule has 0 aromatic carbocycles. The summed E-state index contributed by atoms with van der Waals surface area (Å²) < 4.78 is 0. The third-order valence-corrected chi connectivity index (χ3v) is 1.65. The van der Waals surface area contributed by atoms with Crippen LogP contribution in [0.2, 0.25) is 0 Å². The lowest BCUT2D eigenvalue weighted by atomic mass is 9.92. The maximum atomic E-state index is 10.7. The van der Waals surface area contributed by atoms with Gasteiger partial charge in [0, 0.05) is 5.92 Å². The average Bonchev–Trinajstić information content (AvgIpc) is 1.81. The lowest BCUT2D eigenvalue weighted by Gasteiger charge is -2.15. The van der Waals surface area contributed by atoms with Crippen LogP contribution in [0.15, 0.2) is 0 Å². The topological polar surface area (TPSA) is 69.1 Å². The number of carbonyl (C=O) groups excluding carboxylic acids is 1. The highest BCUT2D eigenvalue weighted by Crippen LogP contribution is 2.12. The largest absolute Gasteiger partial charge is 0.369 e. The molecule has 4 heteroatoms. The third-order valence-electron chi connectivity index (χ3n) is 1.65. The average molecular weight is 181 g/mol. The second kappa shape index (κ2) is 6.43. The van der Waals surface area contributed by atoms with Crippen LogP contribution in [-0.2, 0) is 4.79 Å². The van der Waals surface area contributed by atoms with Crippen molar-refractivity contribution in [2.45, 2.75) is 20.3 Å². The number of halogens is 1. The first-order chi connectivity index (χ1) is 4.59. The van der Waals surface area contributed by atoms with Gasteiger partial charge in [0.1, 0.15) is 0 Å². The van der Waals surface area contributed by atoms with Gasteiger partial charge in [-0.05, 0) is 18.9 Å². The van der Waals surface area contributed by atoms with Gasteiger partial charge in [-0.3, -0.25) is 4.79 Å². The van der Waals surface area contributed by atoms with Crippen molar-refractivity contribution < 1.29 is 4.79 Å². The molecule has 1 unspecified atom stereocenters. The maximum absolute atomic E-state index is 10.7. The molecule has 0 aromatic heterocycles. The van der Waals surface area contributed by atoms with Gasteiger partial charge < -0.3 is 11.5 Å². The first kappa shape index (κ1) is 13.3. The van der Waals surface area contributed by atoms with E-state index in [1.807, 2.05) is 13.8 Å². The number of hydrogen-bond acceptors (Lipinski definition) is 2. The number of rotatable bonds is 4. The molecule has 11 heavy (non-hydrogen) atoms. The molecule has 0 aliphatic rings. The van der Waals surface area contributed by atoms with Crippen LogP contribution in [-0.4, -0.2) is 12.5 Å². The molecule has 0 aliphatic carbocycles. The molecule has 0 saturated heterocycles. The molecule has 0 heterocycles. The normalized spacial score (nSPS) is 12.4. The Balaban J connectivity index is 0. The van der Waals surface area contributed by atoms with Crippen LogP contribution < -0.4 is 11.5 Å². The van der Waals surface area contributed by atoms with Gasteiger partial charge in [-0.1, -0.05) is 13.8 Å². The highest BCUT2D eigenvalue weighted by atomic mass is 35.5. The minimum Gasteiger partial charge on any atom is -0.369 e. The summed E-state index contributed by atoms with van der Waals surface area (Å²) in [6.45, 7) is 4.49. The van der Waals surface area contributed by atoms with Crippen LogP contribution in [0.3, 0.4) is 0 Å². The van der Waals surface area contributed by atoms with E-state index in [-0.39, 0.29) is 24.2 Å². The van der Waals surface area contributed by atoms with Crippen molar-refractivity contribution in [1.82, 2.24) is 0 Å². The minimum atomic E-state index is -0.236. The first-order valence-corrected chi connectivity index (χ1v) is 3.59. The van der Waals surface area contributed by atoms with Crippen molar-refractivity contribution in [2.75, 3.05) is 6.54 Å². The van der Waals surface area contributed by atoms with Gasteiger partial charge in [-0.2, -0.15) is 0 Å². The van der Waals surface area contributed by atoms with Crippen molar-refractivity contribution in [3.05, 3.63) is 0 Å². The number of primary amides is 1. The predicted octanol–water partition coefficient (Wildman–Crippen LogP) is 0.515. The van der Waals surface area contributed by atoms with E-state index in [0.717, 1.165) is 0 Å². The van der Waals surface area contributed by atoms with E-state index in [9.17, 15) is 4.79 Å². The van der Waals surface area contributed by atoms with E-state index in [1.54, 1.807) is 0 Å². The van der Waals surface area contributed by atoms with E-state index in [4.69, 9.17) is 11.5 Å². The summed E-state index contributed by atoms with van der Waals surface area (Å²) in [5.41, 5.74) is 10.4. The molecule has 0 bridgehead atoms. The van der Waals surface area contributed by atoms with Crippen molar-refractivity contribution in [3.8, 4) is 0 Å². The number of amides is 1. The van der Waals surface area contributed by atoms with Gasteiger partial charge in [-0.25, -0.2) is 0 Å². The van der Waals surface area contributed by atoms with Crippen LogP contribution in [0.1, 0.15) is 20.3 Å². The Morgan fingerprint density at radius 1 is 1.45 bits per heavy atom. The Morgan fingerprint density at radius 2 is 1.91 bits per heavy atom.